The van der Waals surface area contributed by atoms with Gasteiger partial charge in [0.2, 0.25) is 5.91 Å². The van der Waals surface area contributed by atoms with Gasteiger partial charge < -0.3 is 14.8 Å². The molecule has 0 fully saturated rings. The summed E-state index contributed by atoms with van der Waals surface area (Å²) in [5.41, 5.74) is 3.42. The van der Waals surface area contributed by atoms with Crippen molar-refractivity contribution in [3.05, 3.63) is 53.6 Å². The first kappa shape index (κ1) is 16.4. The van der Waals surface area contributed by atoms with Crippen LogP contribution < -0.4 is 14.8 Å². The molecule has 0 aliphatic heterocycles. The largest absolute Gasteiger partial charge is 0.493 e. The molecular weight excluding hydrogens is 302 g/mol. The number of nitrogens with one attached hydrogen (secondary N) is 1. The molecule has 2 aromatic rings. The van der Waals surface area contributed by atoms with E-state index in [9.17, 15) is 4.79 Å². The Morgan fingerprint density at radius 3 is 2.83 bits per heavy atom. The molecule has 0 radical (unpaired) electrons. The first-order valence-electron chi connectivity index (χ1n) is 8.39. The number of benzene rings is 2. The Morgan fingerprint density at radius 2 is 2.04 bits per heavy atom. The molecular formula is C20H23NO3. The van der Waals surface area contributed by atoms with E-state index >= 15 is 0 Å². The number of amides is 1. The fourth-order valence-electron chi connectivity index (χ4n) is 3.31. The Kier molecular flexibility index (Phi) is 5.04. The third-order valence-corrected chi connectivity index (χ3v) is 4.44. The van der Waals surface area contributed by atoms with Crippen molar-refractivity contribution in [2.24, 2.45) is 0 Å². The molecule has 24 heavy (non-hydrogen) atoms. The zero-order valence-corrected chi connectivity index (χ0v) is 14.2. The van der Waals surface area contributed by atoms with Gasteiger partial charge in [0.25, 0.3) is 0 Å². The average molecular weight is 325 g/mol. The van der Waals surface area contributed by atoms with E-state index in [-0.39, 0.29) is 5.91 Å². The molecule has 1 unspecified atom stereocenters. The van der Waals surface area contributed by atoms with Crippen LogP contribution in [0.15, 0.2) is 42.5 Å². The predicted octanol–water partition coefficient (Wildman–Crippen LogP) is 4.15. The van der Waals surface area contributed by atoms with Crippen LogP contribution in [0.25, 0.3) is 0 Å². The summed E-state index contributed by atoms with van der Waals surface area (Å²) in [5.74, 6) is 1.65. The van der Waals surface area contributed by atoms with Crippen molar-refractivity contribution in [3.63, 3.8) is 0 Å². The van der Waals surface area contributed by atoms with E-state index < -0.39 is 0 Å². The minimum absolute atomic E-state index is 0.0305. The normalized spacial score (nSPS) is 15.7. The molecule has 0 aromatic heterocycles. The molecule has 1 N–H and O–H groups in total. The van der Waals surface area contributed by atoms with Gasteiger partial charge in [-0.1, -0.05) is 24.3 Å². The van der Waals surface area contributed by atoms with Crippen molar-refractivity contribution in [3.8, 4) is 11.5 Å². The van der Waals surface area contributed by atoms with Crippen LogP contribution in [0.5, 0.6) is 11.5 Å². The van der Waals surface area contributed by atoms with E-state index in [0.717, 1.165) is 18.5 Å². The van der Waals surface area contributed by atoms with Crippen molar-refractivity contribution in [1.29, 1.82) is 0 Å². The second-order valence-corrected chi connectivity index (χ2v) is 5.99. The smallest absolute Gasteiger partial charge is 0.224 e. The molecule has 0 saturated carbocycles. The number of hydrogen-bond acceptors (Lipinski definition) is 3. The van der Waals surface area contributed by atoms with Gasteiger partial charge in [-0.05, 0) is 48.9 Å². The lowest BCUT2D eigenvalue weighted by Crippen LogP contribution is -2.14. The van der Waals surface area contributed by atoms with Crippen LogP contribution >= 0.6 is 0 Å². The van der Waals surface area contributed by atoms with Gasteiger partial charge in [0.05, 0.1) is 13.7 Å². The Balaban J connectivity index is 1.65. The maximum Gasteiger partial charge on any atom is 0.224 e. The van der Waals surface area contributed by atoms with Gasteiger partial charge in [0, 0.05) is 18.2 Å². The number of methoxy groups -OCH3 is 1. The van der Waals surface area contributed by atoms with Crippen molar-refractivity contribution in [1.82, 2.24) is 0 Å². The highest BCUT2D eigenvalue weighted by atomic mass is 16.5. The van der Waals surface area contributed by atoms with E-state index in [1.54, 1.807) is 13.2 Å². The maximum absolute atomic E-state index is 12.4. The molecule has 4 heteroatoms. The number of aryl methyl sites for hydroxylation is 1. The van der Waals surface area contributed by atoms with Crippen LogP contribution in [0, 0.1) is 0 Å². The van der Waals surface area contributed by atoms with Gasteiger partial charge in [0.15, 0.2) is 11.5 Å². The summed E-state index contributed by atoms with van der Waals surface area (Å²) in [4.78, 5) is 12.4. The topological polar surface area (TPSA) is 47.6 Å². The summed E-state index contributed by atoms with van der Waals surface area (Å²) in [6.45, 7) is 2.50. The molecule has 1 amide bonds. The van der Waals surface area contributed by atoms with Crippen molar-refractivity contribution < 1.29 is 14.3 Å². The van der Waals surface area contributed by atoms with Crippen LogP contribution in [0.2, 0.25) is 0 Å². The Morgan fingerprint density at radius 1 is 1.21 bits per heavy atom. The number of ether oxygens (including phenoxy) is 2. The second kappa shape index (κ2) is 7.39. The summed E-state index contributed by atoms with van der Waals surface area (Å²) < 4.78 is 10.8. The van der Waals surface area contributed by atoms with Gasteiger partial charge >= 0.3 is 0 Å². The van der Waals surface area contributed by atoms with E-state index in [2.05, 4.69) is 23.5 Å². The standard InChI is InChI=1S/C20H23NO3/c1-3-24-18-11-10-16(13-19(18)23-2)21-20(22)12-15-9-8-14-6-4-5-7-17(14)15/h4-7,10-11,13,15H,3,8-9,12H2,1-2H3,(H,21,22). The lowest BCUT2D eigenvalue weighted by Gasteiger charge is -2.14. The van der Waals surface area contributed by atoms with E-state index in [0.29, 0.717) is 30.4 Å². The number of hydrogen-bond donors (Lipinski definition) is 1. The van der Waals surface area contributed by atoms with Gasteiger partial charge in [-0.2, -0.15) is 0 Å². The van der Waals surface area contributed by atoms with Crippen LogP contribution in [-0.4, -0.2) is 19.6 Å². The summed E-state index contributed by atoms with van der Waals surface area (Å²) >= 11 is 0. The Hall–Kier alpha value is -2.49. The van der Waals surface area contributed by atoms with Gasteiger partial charge in [-0.25, -0.2) is 0 Å². The second-order valence-electron chi connectivity index (χ2n) is 5.99. The minimum Gasteiger partial charge on any atom is -0.493 e. The third kappa shape index (κ3) is 3.53. The molecule has 0 bridgehead atoms. The number of carbonyl (C=O) groups is 1. The summed E-state index contributed by atoms with van der Waals surface area (Å²) in [5, 5.41) is 2.97. The summed E-state index contributed by atoms with van der Waals surface area (Å²) in [6.07, 6.45) is 2.61. The summed E-state index contributed by atoms with van der Waals surface area (Å²) in [6, 6.07) is 13.9. The molecule has 0 heterocycles. The number of rotatable bonds is 6. The maximum atomic E-state index is 12.4. The van der Waals surface area contributed by atoms with E-state index in [4.69, 9.17) is 9.47 Å². The molecule has 0 saturated heterocycles. The molecule has 1 aliphatic carbocycles. The molecule has 1 atom stereocenters. The van der Waals surface area contributed by atoms with Crippen LogP contribution in [0.4, 0.5) is 5.69 Å². The van der Waals surface area contributed by atoms with E-state index in [1.807, 2.05) is 25.1 Å². The molecule has 0 spiro atoms. The molecule has 3 rings (SSSR count). The molecule has 4 nitrogen and oxygen atoms in total. The molecule has 126 valence electrons. The first-order chi connectivity index (χ1) is 11.7. The summed E-state index contributed by atoms with van der Waals surface area (Å²) in [7, 11) is 1.60. The quantitative estimate of drug-likeness (QED) is 0.868. The van der Waals surface area contributed by atoms with Crippen LogP contribution in [0.1, 0.15) is 36.8 Å². The lowest BCUT2D eigenvalue weighted by atomic mass is 9.97. The Labute approximate surface area is 142 Å². The fraction of sp³-hybridized carbons (Fsp3) is 0.350. The molecule has 1 aliphatic rings. The predicted molar refractivity (Wildman–Crippen MR) is 94.9 cm³/mol. The average Bonchev–Trinajstić information content (AvgIpc) is 2.99. The highest BCUT2D eigenvalue weighted by Gasteiger charge is 2.24. The van der Waals surface area contributed by atoms with Crippen molar-refractivity contribution in [2.75, 3.05) is 19.0 Å². The van der Waals surface area contributed by atoms with Gasteiger partial charge in [0.1, 0.15) is 0 Å². The number of carbonyl (C=O) groups excluding carboxylic acids is 1. The number of fused-ring (bicyclic) bond motifs is 1. The van der Waals surface area contributed by atoms with Crippen LogP contribution in [-0.2, 0) is 11.2 Å². The first-order valence-corrected chi connectivity index (χ1v) is 8.39. The number of anilines is 1. The highest BCUT2D eigenvalue weighted by molar-refractivity contribution is 5.91. The fourth-order valence-corrected chi connectivity index (χ4v) is 3.31. The van der Waals surface area contributed by atoms with Crippen molar-refractivity contribution in [2.45, 2.75) is 32.1 Å². The van der Waals surface area contributed by atoms with Gasteiger partial charge in [-0.3, -0.25) is 4.79 Å². The van der Waals surface area contributed by atoms with E-state index in [1.165, 1.54) is 11.1 Å². The Bertz CT molecular complexity index is 727. The minimum atomic E-state index is 0.0305. The highest BCUT2D eigenvalue weighted by Crippen LogP contribution is 2.36. The molecule has 2 aromatic carbocycles. The van der Waals surface area contributed by atoms with Crippen molar-refractivity contribution >= 4 is 11.6 Å². The zero-order valence-electron chi connectivity index (χ0n) is 14.2. The monoisotopic (exact) mass is 325 g/mol. The van der Waals surface area contributed by atoms with Crippen LogP contribution in [0.3, 0.4) is 0 Å². The third-order valence-electron chi connectivity index (χ3n) is 4.44. The van der Waals surface area contributed by atoms with Gasteiger partial charge in [-0.15, -0.1) is 0 Å². The SMILES string of the molecule is CCOc1ccc(NC(=O)CC2CCc3ccccc32)cc1OC. The zero-order chi connectivity index (χ0) is 16.9. The lowest BCUT2D eigenvalue weighted by molar-refractivity contribution is -0.116.